The van der Waals surface area contributed by atoms with E-state index in [2.05, 4.69) is 18.7 Å². The number of anilines is 1. The summed E-state index contributed by atoms with van der Waals surface area (Å²) in [5.41, 5.74) is 7.60. The first-order chi connectivity index (χ1) is 8.08. The number of nitrogens with two attached hydrogens (primary N) is 1. The van der Waals surface area contributed by atoms with Crippen LogP contribution in [0.4, 0.5) is 5.69 Å². The smallest absolute Gasteiger partial charge is 0.320 e. The number of nitrogens with zero attached hydrogens (tertiary/aromatic N) is 1. The standard InChI is InChI=1S/C13H20N2O2.2ClH/c1-3-15(4-2)11-7-5-10(6-8-11)9-12(14)13(16)17;;/h5-8,12H,3-4,9,14H2,1-2H3,(H,16,17);2*1H/t12-;;/m0../s1. The Morgan fingerprint density at radius 3 is 2.05 bits per heavy atom. The van der Waals surface area contributed by atoms with Crippen molar-refractivity contribution in [1.82, 2.24) is 0 Å². The molecule has 0 aliphatic carbocycles. The molecule has 0 aliphatic rings. The third kappa shape index (κ3) is 6.14. The number of halogens is 2. The summed E-state index contributed by atoms with van der Waals surface area (Å²) < 4.78 is 0. The topological polar surface area (TPSA) is 66.6 Å². The van der Waals surface area contributed by atoms with Crippen LogP contribution in [0.15, 0.2) is 24.3 Å². The number of hydrogen-bond donors (Lipinski definition) is 2. The van der Waals surface area contributed by atoms with Crippen molar-refractivity contribution in [3.63, 3.8) is 0 Å². The molecule has 0 fully saturated rings. The summed E-state index contributed by atoms with van der Waals surface area (Å²) in [4.78, 5) is 12.9. The molecule has 0 amide bonds. The minimum atomic E-state index is -0.960. The molecule has 0 spiro atoms. The van der Waals surface area contributed by atoms with Crippen LogP contribution in [0.25, 0.3) is 0 Å². The average Bonchev–Trinajstić information content (AvgIpc) is 2.32. The Morgan fingerprint density at radius 1 is 1.21 bits per heavy atom. The van der Waals surface area contributed by atoms with E-state index in [1.807, 2.05) is 24.3 Å². The Balaban J connectivity index is 0. The average molecular weight is 309 g/mol. The molecular weight excluding hydrogens is 287 g/mol. The van der Waals surface area contributed by atoms with Crippen molar-refractivity contribution in [3.8, 4) is 0 Å². The molecular formula is C13H22Cl2N2O2. The molecule has 19 heavy (non-hydrogen) atoms. The van der Waals surface area contributed by atoms with Gasteiger partial charge in [-0.25, -0.2) is 0 Å². The summed E-state index contributed by atoms with van der Waals surface area (Å²) >= 11 is 0. The predicted octanol–water partition coefficient (Wildman–Crippen LogP) is 2.33. The van der Waals surface area contributed by atoms with Crippen LogP contribution in [0.5, 0.6) is 0 Å². The highest BCUT2D eigenvalue weighted by molar-refractivity contribution is 5.85. The normalized spacial score (nSPS) is 10.9. The third-order valence-corrected chi connectivity index (χ3v) is 2.84. The second kappa shape index (κ2) is 9.89. The Bertz CT molecular complexity index is 367. The molecule has 0 saturated carbocycles. The first kappa shape index (κ1) is 20.3. The molecule has 0 bridgehead atoms. The molecule has 1 aromatic rings. The van der Waals surface area contributed by atoms with Gasteiger partial charge in [-0.15, -0.1) is 24.8 Å². The van der Waals surface area contributed by atoms with Crippen LogP contribution in [0.2, 0.25) is 0 Å². The Labute approximate surface area is 126 Å². The van der Waals surface area contributed by atoms with Crippen molar-refractivity contribution < 1.29 is 9.90 Å². The molecule has 0 radical (unpaired) electrons. The van der Waals surface area contributed by atoms with E-state index in [4.69, 9.17) is 10.8 Å². The Hall–Kier alpha value is -0.970. The monoisotopic (exact) mass is 308 g/mol. The fraction of sp³-hybridized carbons (Fsp3) is 0.462. The summed E-state index contributed by atoms with van der Waals surface area (Å²) in [6.45, 7) is 6.14. The van der Waals surface area contributed by atoms with Gasteiger partial charge in [0.1, 0.15) is 6.04 Å². The molecule has 3 N–H and O–H groups in total. The molecule has 1 atom stereocenters. The molecule has 0 heterocycles. The first-order valence-corrected chi connectivity index (χ1v) is 5.90. The van der Waals surface area contributed by atoms with Crippen molar-refractivity contribution in [2.45, 2.75) is 26.3 Å². The molecule has 1 rings (SSSR count). The van der Waals surface area contributed by atoms with Crippen LogP contribution in [0.1, 0.15) is 19.4 Å². The van der Waals surface area contributed by atoms with Gasteiger partial charge in [0, 0.05) is 18.8 Å². The number of hydrogen-bond acceptors (Lipinski definition) is 3. The van der Waals surface area contributed by atoms with E-state index in [0.29, 0.717) is 6.42 Å². The highest BCUT2D eigenvalue weighted by Gasteiger charge is 2.12. The van der Waals surface area contributed by atoms with Gasteiger partial charge in [-0.1, -0.05) is 12.1 Å². The molecule has 4 nitrogen and oxygen atoms in total. The highest BCUT2D eigenvalue weighted by atomic mass is 35.5. The van der Waals surface area contributed by atoms with Crippen molar-refractivity contribution >= 4 is 36.5 Å². The van der Waals surface area contributed by atoms with E-state index in [0.717, 1.165) is 24.3 Å². The summed E-state index contributed by atoms with van der Waals surface area (Å²) in [5, 5.41) is 8.73. The van der Waals surface area contributed by atoms with Crippen LogP contribution in [0.3, 0.4) is 0 Å². The van der Waals surface area contributed by atoms with E-state index in [1.165, 1.54) is 0 Å². The van der Waals surface area contributed by atoms with Crippen LogP contribution >= 0.6 is 24.8 Å². The van der Waals surface area contributed by atoms with Gasteiger partial charge in [0.2, 0.25) is 0 Å². The van der Waals surface area contributed by atoms with E-state index in [9.17, 15) is 4.79 Å². The zero-order chi connectivity index (χ0) is 12.8. The van der Waals surface area contributed by atoms with Gasteiger partial charge in [0.25, 0.3) is 0 Å². The van der Waals surface area contributed by atoms with Gasteiger partial charge < -0.3 is 15.7 Å². The fourth-order valence-corrected chi connectivity index (χ4v) is 1.77. The minimum absolute atomic E-state index is 0. The number of aliphatic carboxylic acids is 1. The van der Waals surface area contributed by atoms with Gasteiger partial charge >= 0.3 is 5.97 Å². The van der Waals surface area contributed by atoms with E-state index in [-0.39, 0.29) is 24.8 Å². The zero-order valence-electron chi connectivity index (χ0n) is 11.2. The van der Waals surface area contributed by atoms with E-state index < -0.39 is 12.0 Å². The predicted molar refractivity (Wildman–Crippen MR) is 83.8 cm³/mol. The number of benzene rings is 1. The number of rotatable bonds is 6. The van der Waals surface area contributed by atoms with Gasteiger partial charge in [0.15, 0.2) is 0 Å². The summed E-state index contributed by atoms with van der Waals surface area (Å²) in [6.07, 6.45) is 0.369. The number of carboxylic acid groups (broad SMARTS) is 1. The van der Waals surface area contributed by atoms with E-state index in [1.54, 1.807) is 0 Å². The van der Waals surface area contributed by atoms with Gasteiger partial charge in [-0.05, 0) is 38.0 Å². The van der Waals surface area contributed by atoms with Crippen LogP contribution in [0, 0.1) is 0 Å². The fourth-order valence-electron chi connectivity index (χ4n) is 1.77. The maximum Gasteiger partial charge on any atom is 0.320 e. The van der Waals surface area contributed by atoms with Gasteiger partial charge in [-0.3, -0.25) is 4.79 Å². The first-order valence-electron chi connectivity index (χ1n) is 5.90. The van der Waals surface area contributed by atoms with Crippen LogP contribution in [-0.2, 0) is 11.2 Å². The Kier molecular flexibility index (Phi) is 10.6. The van der Waals surface area contributed by atoms with Gasteiger partial charge in [-0.2, -0.15) is 0 Å². The van der Waals surface area contributed by atoms with Crippen LogP contribution < -0.4 is 10.6 Å². The number of carbonyl (C=O) groups is 1. The molecule has 110 valence electrons. The van der Waals surface area contributed by atoms with Crippen molar-refractivity contribution in [2.75, 3.05) is 18.0 Å². The summed E-state index contributed by atoms with van der Waals surface area (Å²) in [6, 6.07) is 7.08. The maximum absolute atomic E-state index is 10.6. The van der Waals surface area contributed by atoms with E-state index >= 15 is 0 Å². The third-order valence-electron chi connectivity index (χ3n) is 2.84. The zero-order valence-corrected chi connectivity index (χ0v) is 12.8. The van der Waals surface area contributed by atoms with Crippen LogP contribution in [-0.4, -0.2) is 30.2 Å². The molecule has 1 aromatic carbocycles. The highest BCUT2D eigenvalue weighted by Crippen LogP contribution is 2.15. The van der Waals surface area contributed by atoms with Crippen molar-refractivity contribution in [3.05, 3.63) is 29.8 Å². The molecule has 0 aromatic heterocycles. The molecule has 6 heteroatoms. The second-order valence-corrected chi connectivity index (χ2v) is 3.99. The quantitative estimate of drug-likeness (QED) is 0.846. The second-order valence-electron chi connectivity index (χ2n) is 3.99. The Morgan fingerprint density at radius 2 is 1.68 bits per heavy atom. The lowest BCUT2D eigenvalue weighted by Gasteiger charge is -2.21. The lowest BCUT2D eigenvalue weighted by atomic mass is 10.1. The van der Waals surface area contributed by atoms with Gasteiger partial charge in [0.05, 0.1) is 0 Å². The molecule has 0 saturated heterocycles. The van der Waals surface area contributed by atoms with Crippen molar-refractivity contribution in [1.29, 1.82) is 0 Å². The lowest BCUT2D eigenvalue weighted by Crippen LogP contribution is -2.32. The molecule has 0 unspecified atom stereocenters. The summed E-state index contributed by atoms with van der Waals surface area (Å²) in [7, 11) is 0. The maximum atomic E-state index is 10.6. The lowest BCUT2D eigenvalue weighted by molar-refractivity contribution is -0.138. The number of carboxylic acids is 1. The summed E-state index contributed by atoms with van der Waals surface area (Å²) in [5.74, 6) is -0.960. The minimum Gasteiger partial charge on any atom is -0.480 e. The van der Waals surface area contributed by atoms with Crippen molar-refractivity contribution in [2.24, 2.45) is 5.73 Å². The molecule has 0 aliphatic heterocycles. The largest absolute Gasteiger partial charge is 0.480 e. The SMILES string of the molecule is CCN(CC)c1ccc(C[C@H](N)C(=O)O)cc1.Cl.Cl.